The number of benzene rings is 2. The molecule has 1 aliphatic heterocycles. The number of nitrogens with one attached hydrogen (secondary N) is 1. The summed E-state index contributed by atoms with van der Waals surface area (Å²) >= 11 is 0. The van der Waals surface area contributed by atoms with E-state index in [2.05, 4.69) is 40.1 Å². The van der Waals surface area contributed by atoms with Gasteiger partial charge >= 0.3 is 0 Å². The first-order valence-corrected chi connectivity index (χ1v) is 14.3. The first-order valence-electron chi connectivity index (χ1n) is 12.4. The van der Waals surface area contributed by atoms with Crippen molar-refractivity contribution in [3.8, 4) is 17.2 Å². The first-order chi connectivity index (χ1) is 16.8. The summed E-state index contributed by atoms with van der Waals surface area (Å²) in [5.74, 6) is 17.3. The van der Waals surface area contributed by atoms with Gasteiger partial charge in [-0.25, -0.2) is 0 Å². The fraction of sp³-hybridized carbons (Fsp3) is 0.379. The van der Waals surface area contributed by atoms with Crippen molar-refractivity contribution in [3.05, 3.63) is 71.5 Å². The first kappa shape index (κ1) is 25.4. The molecule has 6 heteroatoms. The maximum atomic E-state index is 6.05. The largest absolute Gasteiger partial charge is 0.457 e. The van der Waals surface area contributed by atoms with E-state index in [1.807, 2.05) is 38.2 Å². The molecule has 2 aliphatic rings. The monoisotopic (exact) mass is 493 g/mol. The molecule has 0 aromatic heterocycles. The number of nitrogens with zero attached hydrogens (tertiary/aromatic N) is 1. The molecular formula is C29H39N3O2S. The normalized spacial score (nSPS) is 17.5. The van der Waals surface area contributed by atoms with Crippen LogP contribution in [0.15, 0.2) is 70.8 Å². The minimum absolute atomic E-state index is 0.569. The van der Waals surface area contributed by atoms with Crippen molar-refractivity contribution < 1.29 is 9.57 Å². The zero-order chi connectivity index (χ0) is 25.0. The lowest BCUT2D eigenvalue weighted by atomic mass is 9.91. The second kappa shape index (κ2) is 10.9. The Morgan fingerprint density at radius 2 is 1.77 bits per heavy atom. The molecule has 4 rings (SSSR count). The lowest BCUT2D eigenvalue weighted by molar-refractivity contribution is 0.332. The topological polar surface area (TPSA) is 59.8 Å². The van der Waals surface area contributed by atoms with Crippen LogP contribution < -0.4 is 20.8 Å². The van der Waals surface area contributed by atoms with Gasteiger partial charge in [0.05, 0.1) is 0 Å². The van der Waals surface area contributed by atoms with Crippen molar-refractivity contribution in [2.75, 3.05) is 20.1 Å². The summed E-state index contributed by atoms with van der Waals surface area (Å²) in [5.41, 5.74) is 4.97. The van der Waals surface area contributed by atoms with Crippen molar-refractivity contribution in [2.24, 2.45) is 11.8 Å². The van der Waals surface area contributed by atoms with E-state index >= 15 is 0 Å². The molecule has 1 fully saturated rings. The maximum absolute atomic E-state index is 6.05. The highest BCUT2D eigenvalue weighted by atomic mass is 32.2. The Hall–Kier alpha value is -2.67. The zero-order valence-corrected chi connectivity index (χ0v) is 22.0. The van der Waals surface area contributed by atoms with Gasteiger partial charge in [0, 0.05) is 43.2 Å². The number of ether oxygens (including phenoxy) is 1. The van der Waals surface area contributed by atoms with Crippen molar-refractivity contribution in [2.45, 2.75) is 50.3 Å². The van der Waals surface area contributed by atoms with Crippen LogP contribution in [0.2, 0.25) is 0 Å². The number of hydrogen-bond donors (Lipinski definition) is 2. The second-order valence-electron chi connectivity index (χ2n) is 9.79. The molecule has 0 radical (unpaired) electrons. The number of hydrogen-bond acceptors (Lipinski definition) is 5. The van der Waals surface area contributed by atoms with Crippen LogP contribution in [0.4, 0.5) is 0 Å². The van der Waals surface area contributed by atoms with Crippen molar-refractivity contribution in [1.29, 1.82) is 0 Å². The molecule has 0 spiro atoms. The predicted molar refractivity (Wildman–Crippen MR) is 151 cm³/mol. The van der Waals surface area contributed by atoms with Gasteiger partial charge in [-0.1, -0.05) is 44.0 Å². The molecule has 3 N–H and O–H groups in total. The Kier molecular flexibility index (Phi) is 7.95. The third-order valence-corrected chi connectivity index (χ3v) is 9.65. The lowest BCUT2D eigenvalue weighted by Gasteiger charge is -2.37. The van der Waals surface area contributed by atoms with Gasteiger partial charge in [0.15, 0.2) is 5.75 Å². The Bertz CT molecular complexity index is 1190. The highest BCUT2D eigenvalue weighted by molar-refractivity contribution is 8.25. The van der Waals surface area contributed by atoms with Crippen LogP contribution >= 0.6 is 9.39 Å². The van der Waals surface area contributed by atoms with E-state index in [9.17, 15) is 0 Å². The van der Waals surface area contributed by atoms with E-state index in [0.717, 1.165) is 48.1 Å². The predicted octanol–water partition coefficient (Wildman–Crippen LogP) is 6.30. The minimum Gasteiger partial charge on any atom is -0.457 e. The average Bonchev–Trinajstić information content (AvgIpc) is 3.36. The summed E-state index contributed by atoms with van der Waals surface area (Å²) in [6.07, 6.45) is 7.46. The molecular weight excluding hydrogens is 454 g/mol. The van der Waals surface area contributed by atoms with E-state index < -0.39 is 9.39 Å². The third-order valence-electron chi connectivity index (χ3n) is 7.20. The Morgan fingerprint density at radius 1 is 1.09 bits per heavy atom. The van der Waals surface area contributed by atoms with Crippen molar-refractivity contribution in [1.82, 2.24) is 9.62 Å². The molecule has 188 valence electrons. The fourth-order valence-electron chi connectivity index (χ4n) is 5.21. The van der Waals surface area contributed by atoms with Gasteiger partial charge in [-0.05, 0) is 72.4 Å². The molecule has 0 bridgehead atoms. The van der Waals surface area contributed by atoms with Crippen LogP contribution in [0.1, 0.15) is 44.1 Å². The van der Waals surface area contributed by atoms with Gasteiger partial charge in [-0.3, -0.25) is 4.31 Å². The van der Waals surface area contributed by atoms with Crippen molar-refractivity contribution in [3.63, 3.8) is 0 Å². The lowest BCUT2D eigenvalue weighted by Crippen LogP contribution is -2.33. The molecule has 0 amide bonds. The highest BCUT2D eigenvalue weighted by Gasteiger charge is 2.25. The number of rotatable bonds is 9. The van der Waals surface area contributed by atoms with Gasteiger partial charge < -0.3 is 14.9 Å². The summed E-state index contributed by atoms with van der Waals surface area (Å²) in [7, 11) is 0.370. The molecule has 0 unspecified atom stereocenters. The van der Waals surface area contributed by atoms with Crippen LogP contribution in [0.25, 0.3) is 0 Å². The summed E-state index contributed by atoms with van der Waals surface area (Å²) in [6.45, 7) is 8.26. The zero-order valence-electron chi connectivity index (χ0n) is 21.1. The molecule has 0 atom stereocenters. The molecule has 1 aliphatic carbocycles. The van der Waals surface area contributed by atoms with Crippen LogP contribution in [0.5, 0.6) is 17.2 Å². The van der Waals surface area contributed by atoms with Crippen LogP contribution in [0, 0.1) is 12.8 Å². The molecule has 2 aromatic carbocycles. The van der Waals surface area contributed by atoms with Gasteiger partial charge in [0.1, 0.15) is 11.5 Å². The molecule has 1 saturated carbocycles. The SMILES string of the molecule is C=C(CC1CCCC1)C1=C(NC)CCN(S(=C)(=C)c2ccc(Oc3cc(C)cc(ON)c3)cc2)C1. The van der Waals surface area contributed by atoms with Gasteiger partial charge in [0.2, 0.25) is 0 Å². The van der Waals surface area contributed by atoms with Crippen LogP contribution in [-0.2, 0) is 0 Å². The Labute approximate surface area is 211 Å². The highest BCUT2D eigenvalue weighted by Crippen LogP contribution is 2.42. The summed E-state index contributed by atoms with van der Waals surface area (Å²) in [5, 5.41) is 3.44. The summed E-state index contributed by atoms with van der Waals surface area (Å²) in [6, 6.07) is 13.7. The van der Waals surface area contributed by atoms with Crippen LogP contribution in [-0.4, -0.2) is 36.2 Å². The van der Waals surface area contributed by atoms with E-state index in [1.165, 1.54) is 42.5 Å². The van der Waals surface area contributed by atoms with Crippen LogP contribution in [0.3, 0.4) is 0 Å². The Morgan fingerprint density at radius 3 is 2.43 bits per heavy atom. The maximum Gasteiger partial charge on any atom is 0.150 e. The Balaban J connectivity index is 1.48. The number of nitrogens with two attached hydrogens (primary N) is 1. The third kappa shape index (κ3) is 5.95. The summed E-state index contributed by atoms with van der Waals surface area (Å²) < 4.78 is 8.50. The fourth-order valence-corrected chi connectivity index (χ4v) is 6.97. The van der Waals surface area contributed by atoms with Gasteiger partial charge in [0.25, 0.3) is 0 Å². The quantitative estimate of drug-likeness (QED) is 0.317. The van der Waals surface area contributed by atoms with E-state index in [0.29, 0.717) is 11.5 Å². The summed E-state index contributed by atoms with van der Waals surface area (Å²) in [4.78, 5) is 6.00. The van der Waals surface area contributed by atoms with Gasteiger partial charge in [-0.15, -0.1) is 9.39 Å². The minimum atomic E-state index is -1.66. The van der Waals surface area contributed by atoms with Gasteiger partial charge in [-0.2, -0.15) is 5.90 Å². The van der Waals surface area contributed by atoms with E-state index in [4.69, 9.17) is 15.5 Å². The number of aryl methyl sites for hydroxylation is 1. The standard InChI is InChI=1S/C29H39N3O2S/c1-21-16-25(19-26(17-21)34-30)33-24-10-12-27(13-11-24)35(4,5)32-15-14-29(31-3)28(20-32)22(2)18-23-8-6-7-9-23/h10-13,16-17,19,23,31H,2,4-9,14-15,18,20,30H2,1,3H3. The second-order valence-corrected chi connectivity index (χ2v) is 12.5. The average molecular weight is 494 g/mol. The molecule has 35 heavy (non-hydrogen) atoms. The smallest absolute Gasteiger partial charge is 0.150 e. The molecule has 1 heterocycles. The van der Waals surface area contributed by atoms with E-state index in [1.54, 1.807) is 6.07 Å². The molecule has 5 nitrogen and oxygen atoms in total. The molecule has 2 aromatic rings. The van der Waals surface area contributed by atoms with E-state index in [-0.39, 0.29) is 0 Å². The van der Waals surface area contributed by atoms with Crippen molar-refractivity contribution >= 4 is 21.1 Å². The molecule has 0 saturated heterocycles.